The van der Waals surface area contributed by atoms with Gasteiger partial charge in [-0.25, -0.2) is 0 Å². The molecule has 0 radical (unpaired) electrons. The number of benzene rings is 3. The van der Waals surface area contributed by atoms with Crippen molar-refractivity contribution in [3.05, 3.63) is 90.5 Å². The summed E-state index contributed by atoms with van der Waals surface area (Å²) in [4.78, 5) is 7.17. The zero-order valence-corrected chi connectivity index (χ0v) is 16.1. The van der Waals surface area contributed by atoms with Crippen LogP contribution in [0.15, 0.2) is 89.9 Å². The van der Waals surface area contributed by atoms with E-state index < -0.39 is 7.92 Å². The SMILES string of the molecule is CC1=N[C@@H](c2ccccc2P(c2ccccc2)c2ccccc2)CN1C. The molecule has 1 aliphatic heterocycles. The van der Waals surface area contributed by atoms with E-state index in [1.807, 2.05) is 0 Å². The second-order valence-electron chi connectivity index (χ2n) is 6.64. The molecule has 0 saturated heterocycles. The van der Waals surface area contributed by atoms with Gasteiger partial charge in [-0.15, -0.1) is 0 Å². The average Bonchev–Trinajstić information content (AvgIpc) is 3.03. The van der Waals surface area contributed by atoms with Crippen LogP contribution >= 0.6 is 7.92 Å². The van der Waals surface area contributed by atoms with Gasteiger partial charge in [0.2, 0.25) is 0 Å². The van der Waals surface area contributed by atoms with Gasteiger partial charge in [0.15, 0.2) is 0 Å². The number of amidine groups is 1. The fourth-order valence-corrected chi connectivity index (χ4v) is 5.99. The van der Waals surface area contributed by atoms with E-state index in [1.54, 1.807) is 0 Å². The van der Waals surface area contributed by atoms with Crippen LogP contribution in [-0.2, 0) is 0 Å². The highest BCUT2D eigenvalue weighted by Gasteiger charge is 2.26. The fourth-order valence-electron chi connectivity index (χ4n) is 3.48. The summed E-state index contributed by atoms with van der Waals surface area (Å²) in [6.07, 6.45) is 0. The van der Waals surface area contributed by atoms with Crippen molar-refractivity contribution < 1.29 is 0 Å². The Morgan fingerprint density at radius 1 is 0.808 bits per heavy atom. The number of hydrogen-bond acceptors (Lipinski definition) is 2. The first-order chi connectivity index (χ1) is 12.7. The van der Waals surface area contributed by atoms with Crippen molar-refractivity contribution in [2.75, 3.05) is 13.6 Å². The maximum Gasteiger partial charge on any atom is 0.0964 e. The Bertz CT molecular complexity index is 866. The Morgan fingerprint density at radius 2 is 1.35 bits per heavy atom. The fraction of sp³-hybridized carbons (Fsp3) is 0.174. The van der Waals surface area contributed by atoms with Crippen LogP contribution < -0.4 is 15.9 Å². The number of likely N-dealkylation sites (N-methyl/N-ethyl adjacent to an activating group) is 1. The van der Waals surface area contributed by atoms with Crippen LogP contribution in [0.4, 0.5) is 0 Å². The molecule has 2 nitrogen and oxygen atoms in total. The van der Waals surface area contributed by atoms with Crippen molar-refractivity contribution in [2.24, 2.45) is 4.99 Å². The molecule has 0 amide bonds. The van der Waals surface area contributed by atoms with Crippen molar-refractivity contribution >= 4 is 29.7 Å². The highest BCUT2D eigenvalue weighted by Crippen LogP contribution is 2.37. The lowest BCUT2D eigenvalue weighted by atomic mass is 10.1. The summed E-state index contributed by atoms with van der Waals surface area (Å²) in [6.45, 7) is 3.05. The van der Waals surface area contributed by atoms with Crippen molar-refractivity contribution in [3.63, 3.8) is 0 Å². The molecule has 0 fully saturated rings. The zero-order chi connectivity index (χ0) is 17.9. The molecule has 1 aliphatic rings. The molecule has 1 atom stereocenters. The van der Waals surface area contributed by atoms with Gasteiger partial charge in [0, 0.05) is 13.6 Å². The zero-order valence-electron chi connectivity index (χ0n) is 15.2. The summed E-state index contributed by atoms with van der Waals surface area (Å²) < 4.78 is 0. The molecule has 0 saturated carbocycles. The lowest BCUT2D eigenvalue weighted by molar-refractivity contribution is 0.506. The lowest BCUT2D eigenvalue weighted by Crippen LogP contribution is -2.26. The van der Waals surface area contributed by atoms with E-state index in [0.717, 1.165) is 12.4 Å². The molecule has 1 heterocycles. The Labute approximate surface area is 157 Å². The monoisotopic (exact) mass is 358 g/mol. The Balaban J connectivity index is 1.86. The summed E-state index contributed by atoms with van der Waals surface area (Å²) >= 11 is 0. The predicted octanol–water partition coefficient (Wildman–Crippen LogP) is 3.85. The molecule has 0 N–H and O–H groups in total. The van der Waals surface area contributed by atoms with Gasteiger partial charge >= 0.3 is 0 Å². The second-order valence-corrected chi connectivity index (χ2v) is 8.82. The van der Waals surface area contributed by atoms with Crippen LogP contribution in [0.2, 0.25) is 0 Å². The van der Waals surface area contributed by atoms with Crippen LogP contribution in [0.1, 0.15) is 18.5 Å². The largest absolute Gasteiger partial charge is 0.361 e. The molecule has 130 valence electrons. The molecular formula is C23H23N2P. The standard InChI is InChI=1S/C23H23N2P/c1-18-24-22(17-25(18)2)21-15-9-10-16-23(21)26(19-11-5-3-6-12-19)20-13-7-4-8-14-20/h3-16,22H,17H2,1-2H3/t22-/m1/s1. The van der Waals surface area contributed by atoms with E-state index in [2.05, 4.69) is 104 Å². The van der Waals surface area contributed by atoms with Gasteiger partial charge < -0.3 is 4.90 Å². The van der Waals surface area contributed by atoms with E-state index >= 15 is 0 Å². The average molecular weight is 358 g/mol. The highest BCUT2D eigenvalue weighted by molar-refractivity contribution is 7.79. The molecule has 0 spiro atoms. The maximum absolute atomic E-state index is 4.92. The number of hydrogen-bond donors (Lipinski definition) is 0. The summed E-state index contributed by atoms with van der Waals surface area (Å²) in [5, 5.41) is 4.18. The lowest BCUT2D eigenvalue weighted by Gasteiger charge is -2.24. The molecule has 0 aromatic heterocycles. The molecule has 3 aromatic carbocycles. The normalized spacial score (nSPS) is 16.8. The Hall–Kier alpha value is -2.44. The molecule has 3 heteroatoms. The minimum Gasteiger partial charge on any atom is -0.361 e. The maximum atomic E-state index is 4.92. The van der Waals surface area contributed by atoms with Crippen molar-refractivity contribution in [1.29, 1.82) is 0 Å². The van der Waals surface area contributed by atoms with E-state index in [4.69, 9.17) is 4.99 Å². The topological polar surface area (TPSA) is 15.6 Å². The molecule has 0 unspecified atom stereocenters. The van der Waals surface area contributed by atoms with Crippen molar-refractivity contribution in [2.45, 2.75) is 13.0 Å². The summed E-state index contributed by atoms with van der Waals surface area (Å²) in [7, 11) is 1.52. The van der Waals surface area contributed by atoms with Crippen LogP contribution in [0, 0.1) is 0 Å². The van der Waals surface area contributed by atoms with Gasteiger partial charge in [-0.05, 0) is 36.3 Å². The van der Waals surface area contributed by atoms with Gasteiger partial charge in [0.1, 0.15) is 0 Å². The van der Waals surface area contributed by atoms with Crippen LogP contribution in [0.25, 0.3) is 0 Å². The van der Waals surface area contributed by atoms with Gasteiger partial charge in [-0.2, -0.15) is 0 Å². The van der Waals surface area contributed by atoms with Crippen molar-refractivity contribution in [1.82, 2.24) is 4.90 Å². The Morgan fingerprint density at radius 3 is 1.88 bits per heavy atom. The third-order valence-electron chi connectivity index (χ3n) is 4.91. The molecule has 0 bridgehead atoms. The minimum absolute atomic E-state index is 0.216. The second kappa shape index (κ2) is 7.43. The Kier molecular flexibility index (Phi) is 4.86. The first-order valence-corrected chi connectivity index (χ1v) is 10.3. The first-order valence-electron chi connectivity index (χ1n) is 8.99. The number of nitrogens with zero attached hydrogens (tertiary/aromatic N) is 2. The molecule has 4 rings (SSSR count). The van der Waals surface area contributed by atoms with Gasteiger partial charge in [0.05, 0.1) is 11.9 Å². The molecule has 0 aliphatic carbocycles. The van der Waals surface area contributed by atoms with Crippen LogP contribution in [0.5, 0.6) is 0 Å². The highest BCUT2D eigenvalue weighted by atomic mass is 31.1. The quantitative estimate of drug-likeness (QED) is 0.647. The number of aliphatic imine (C=N–C) groups is 1. The van der Waals surface area contributed by atoms with Gasteiger partial charge in [-0.1, -0.05) is 84.9 Å². The molecular weight excluding hydrogens is 335 g/mol. The first kappa shape index (κ1) is 17.0. The van der Waals surface area contributed by atoms with Crippen LogP contribution in [-0.4, -0.2) is 24.3 Å². The van der Waals surface area contributed by atoms with E-state index in [-0.39, 0.29) is 6.04 Å². The van der Waals surface area contributed by atoms with Gasteiger partial charge in [0.25, 0.3) is 0 Å². The summed E-state index contributed by atoms with van der Waals surface area (Å²) in [5.74, 6) is 1.12. The smallest absolute Gasteiger partial charge is 0.0964 e. The summed E-state index contributed by atoms with van der Waals surface area (Å²) in [5.41, 5.74) is 1.36. The molecule has 3 aromatic rings. The predicted molar refractivity (Wildman–Crippen MR) is 114 cm³/mol. The van der Waals surface area contributed by atoms with Crippen LogP contribution in [0.3, 0.4) is 0 Å². The van der Waals surface area contributed by atoms with E-state index in [1.165, 1.54) is 21.5 Å². The molecule has 26 heavy (non-hydrogen) atoms. The third-order valence-corrected chi connectivity index (χ3v) is 7.43. The minimum atomic E-state index is -0.599. The third kappa shape index (κ3) is 3.30. The van der Waals surface area contributed by atoms with E-state index in [9.17, 15) is 0 Å². The van der Waals surface area contributed by atoms with Crippen molar-refractivity contribution in [3.8, 4) is 0 Å². The van der Waals surface area contributed by atoms with E-state index in [0.29, 0.717) is 0 Å². The number of rotatable bonds is 4. The summed E-state index contributed by atoms with van der Waals surface area (Å²) in [6, 6.07) is 30.8. The van der Waals surface area contributed by atoms with Gasteiger partial charge in [-0.3, -0.25) is 4.99 Å².